The van der Waals surface area contributed by atoms with E-state index in [1.54, 1.807) is 0 Å². The number of nitrogens with zero attached hydrogens (tertiary/aromatic N) is 1. The van der Waals surface area contributed by atoms with Crippen molar-refractivity contribution in [1.82, 2.24) is 4.57 Å². The Morgan fingerprint density at radius 1 is 1.32 bits per heavy atom. The van der Waals surface area contributed by atoms with E-state index in [1.807, 2.05) is 19.1 Å². The van der Waals surface area contributed by atoms with Crippen molar-refractivity contribution in [3.63, 3.8) is 0 Å². The van der Waals surface area contributed by atoms with Crippen LogP contribution in [0.5, 0.6) is 0 Å². The van der Waals surface area contributed by atoms with E-state index in [0.29, 0.717) is 5.56 Å². The lowest BCUT2D eigenvalue weighted by Gasteiger charge is -2.06. The second-order valence-corrected chi connectivity index (χ2v) is 5.04. The zero-order valence-corrected chi connectivity index (χ0v) is 11.9. The number of rotatable bonds is 5. The number of benzene rings is 1. The molecule has 0 unspecified atom stereocenters. The average molecular weight is 259 g/mol. The molecule has 0 aliphatic heterocycles. The van der Waals surface area contributed by atoms with Crippen LogP contribution in [0.4, 0.5) is 0 Å². The lowest BCUT2D eigenvalue weighted by atomic mass is 10.0. The normalized spacial score (nSPS) is 11.1. The van der Waals surface area contributed by atoms with Gasteiger partial charge in [-0.05, 0) is 43.0 Å². The summed E-state index contributed by atoms with van der Waals surface area (Å²) < 4.78 is 2.20. The molecular formula is C16H21NO2. The van der Waals surface area contributed by atoms with Gasteiger partial charge < -0.3 is 9.67 Å². The van der Waals surface area contributed by atoms with E-state index >= 15 is 0 Å². The second kappa shape index (κ2) is 5.47. The molecule has 1 N–H and O–H groups in total. The van der Waals surface area contributed by atoms with Crippen LogP contribution in [0.15, 0.2) is 18.3 Å². The summed E-state index contributed by atoms with van der Waals surface area (Å²) in [7, 11) is 0. The number of unbranched alkanes of at least 4 members (excludes halogenated alkanes) is 1. The van der Waals surface area contributed by atoms with E-state index in [9.17, 15) is 9.90 Å². The van der Waals surface area contributed by atoms with Gasteiger partial charge in [0.25, 0.3) is 0 Å². The van der Waals surface area contributed by atoms with Crippen LogP contribution in [0.3, 0.4) is 0 Å². The number of carbonyl (C=O) groups is 1. The summed E-state index contributed by atoms with van der Waals surface area (Å²) >= 11 is 0. The van der Waals surface area contributed by atoms with Gasteiger partial charge in [0.15, 0.2) is 0 Å². The van der Waals surface area contributed by atoms with Gasteiger partial charge in [-0.1, -0.05) is 20.3 Å². The topological polar surface area (TPSA) is 42.2 Å². The molecule has 0 radical (unpaired) electrons. The standard InChI is InChI=1S/C16H21NO2/c1-4-6-7-17-10-12(5-2)14-8-11(3)13(16(18)19)9-15(14)17/h8-10H,4-7H2,1-3H3,(H,18,19). The fourth-order valence-electron chi connectivity index (χ4n) is 2.54. The lowest BCUT2D eigenvalue weighted by Crippen LogP contribution is -2.01. The molecule has 19 heavy (non-hydrogen) atoms. The van der Waals surface area contributed by atoms with E-state index in [1.165, 1.54) is 10.9 Å². The van der Waals surface area contributed by atoms with Gasteiger partial charge in [-0.15, -0.1) is 0 Å². The summed E-state index contributed by atoms with van der Waals surface area (Å²) in [5, 5.41) is 10.4. The Morgan fingerprint density at radius 2 is 2.05 bits per heavy atom. The molecule has 2 rings (SSSR count). The number of hydrogen-bond acceptors (Lipinski definition) is 1. The summed E-state index contributed by atoms with van der Waals surface area (Å²) in [6, 6.07) is 3.84. The molecule has 3 heteroatoms. The van der Waals surface area contributed by atoms with E-state index in [2.05, 4.69) is 24.6 Å². The smallest absolute Gasteiger partial charge is 0.336 e. The fraction of sp³-hybridized carbons (Fsp3) is 0.438. The third-order valence-electron chi connectivity index (χ3n) is 3.67. The van der Waals surface area contributed by atoms with Crippen molar-refractivity contribution < 1.29 is 9.90 Å². The van der Waals surface area contributed by atoms with Gasteiger partial charge in [-0.2, -0.15) is 0 Å². The summed E-state index contributed by atoms with van der Waals surface area (Å²) in [5.74, 6) is -0.847. The van der Waals surface area contributed by atoms with Crippen molar-refractivity contribution in [1.29, 1.82) is 0 Å². The molecule has 0 saturated carbocycles. The average Bonchev–Trinajstić information content (AvgIpc) is 2.72. The molecule has 0 saturated heterocycles. The maximum Gasteiger partial charge on any atom is 0.336 e. The first-order valence-electron chi connectivity index (χ1n) is 6.94. The van der Waals surface area contributed by atoms with Crippen LogP contribution in [0.25, 0.3) is 10.9 Å². The van der Waals surface area contributed by atoms with Crippen molar-refractivity contribution >= 4 is 16.9 Å². The van der Waals surface area contributed by atoms with Gasteiger partial charge in [0.2, 0.25) is 0 Å². The quantitative estimate of drug-likeness (QED) is 0.881. The molecule has 1 aromatic heterocycles. The molecule has 0 atom stereocenters. The van der Waals surface area contributed by atoms with Gasteiger partial charge in [0.05, 0.1) is 5.56 Å². The molecule has 0 bridgehead atoms. The SMILES string of the molecule is CCCCn1cc(CC)c2cc(C)c(C(=O)O)cc21. The molecule has 0 aliphatic rings. The molecule has 1 aromatic carbocycles. The van der Waals surface area contributed by atoms with Crippen LogP contribution in [0.2, 0.25) is 0 Å². The van der Waals surface area contributed by atoms with E-state index < -0.39 is 5.97 Å². The highest BCUT2D eigenvalue weighted by molar-refractivity contribution is 5.96. The van der Waals surface area contributed by atoms with Gasteiger partial charge in [0, 0.05) is 23.6 Å². The highest BCUT2D eigenvalue weighted by atomic mass is 16.4. The number of carboxylic acids is 1. The summed E-state index contributed by atoms with van der Waals surface area (Å²) in [6.45, 7) is 7.12. The third kappa shape index (κ3) is 2.50. The van der Waals surface area contributed by atoms with E-state index in [-0.39, 0.29) is 0 Å². The van der Waals surface area contributed by atoms with Crippen LogP contribution in [-0.4, -0.2) is 15.6 Å². The monoisotopic (exact) mass is 259 g/mol. The van der Waals surface area contributed by atoms with Crippen molar-refractivity contribution in [2.45, 2.75) is 46.6 Å². The Morgan fingerprint density at radius 3 is 2.63 bits per heavy atom. The maximum absolute atomic E-state index is 11.3. The zero-order chi connectivity index (χ0) is 14.0. The summed E-state index contributed by atoms with van der Waals surface area (Å²) in [6.07, 6.45) is 5.40. The third-order valence-corrected chi connectivity index (χ3v) is 3.67. The number of fused-ring (bicyclic) bond motifs is 1. The summed E-state index contributed by atoms with van der Waals surface area (Å²) in [5.41, 5.74) is 3.59. The Labute approximate surface area is 113 Å². The minimum Gasteiger partial charge on any atom is -0.478 e. The predicted octanol–water partition coefficient (Wildman–Crippen LogP) is 4.01. The largest absolute Gasteiger partial charge is 0.478 e. The number of hydrogen-bond donors (Lipinski definition) is 1. The minimum atomic E-state index is -0.847. The summed E-state index contributed by atoms with van der Waals surface area (Å²) in [4.78, 5) is 11.3. The second-order valence-electron chi connectivity index (χ2n) is 5.04. The van der Waals surface area contributed by atoms with Gasteiger partial charge in [-0.3, -0.25) is 0 Å². The number of aryl methyl sites for hydroxylation is 3. The molecule has 0 aliphatic carbocycles. The first kappa shape index (κ1) is 13.7. The number of aromatic nitrogens is 1. The zero-order valence-electron chi connectivity index (χ0n) is 11.9. The van der Waals surface area contributed by atoms with Crippen LogP contribution in [-0.2, 0) is 13.0 Å². The maximum atomic E-state index is 11.3. The molecule has 2 aromatic rings. The Kier molecular flexibility index (Phi) is 3.93. The molecule has 102 valence electrons. The van der Waals surface area contributed by atoms with Crippen molar-refractivity contribution in [2.24, 2.45) is 0 Å². The van der Waals surface area contributed by atoms with Crippen molar-refractivity contribution in [3.05, 3.63) is 35.0 Å². The van der Waals surface area contributed by atoms with Crippen molar-refractivity contribution in [2.75, 3.05) is 0 Å². The molecule has 0 amide bonds. The Bertz CT molecular complexity index is 611. The van der Waals surface area contributed by atoms with Crippen LogP contribution < -0.4 is 0 Å². The Hall–Kier alpha value is -1.77. The Balaban J connectivity index is 2.63. The highest BCUT2D eigenvalue weighted by Gasteiger charge is 2.13. The van der Waals surface area contributed by atoms with E-state index in [4.69, 9.17) is 0 Å². The van der Waals surface area contributed by atoms with Crippen LogP contribution in [0.1, 0.15) is 48.2 Å². The fourth-order valence-corrected chi connectivity index (χ4v) is 2.54. The van der Waals surface area contributed by atoms with Crippen LogP contribution >= 0.6 is 0 Å². The van der Waals surface area contributed by atoms with Gasteiger partial charge in [0.1, 0.15) is 0 Å². The van der Waals surface area contributed by atoms with Gasteiger partial charge >= 0.3 is 5.97 Å². The molecule has 1 heterocycles. The molecule has 3 nitrogen and oxygen atoms in total. The van der Waals surface area contributed by atoms with Gasteiger partial charge in [-0.25, -0.2) is 4.79 Å². The van der Waals surface area contributed by atoms with E-state index in [0.717, 1.165) is 36.9 Å². The predicted molar refractivity (Wildman–Crippen MR) is 77.9 cm³/mol. The molecular weight excluding hydrogens is 238 g/mol. The highest BCUT2D eigenvalue weighted by Crippen LogP contribution is 2.26. The number of carboxylic acid groups (broad SMARTS) is 1. The first-order valence-corrected chi connectivity index (χ1v) is 6.94. The van der Waals surface area contributed by atoms with Crippen LogP contribution in [0, 0.1) is 6.92 Å². The minimum absolute atomic E-state index is 0.408. The lowest BCUT2D eigenvalue weighted by molar-refractivity contribution is 0.0696. The number of aromatic carboxylic acids is 1. The molecule has 0 fully saturated rings. The first-order chi connectivity index (χ1) is 9.08. The molecule has 0 spiro atoms. The van der Waals surface area contributed by atoms with Crippen molar-refractivity contribution in [3.8, 4) is 0 Å².